The van der Waals surface area contributed by atoms with Gasteiger partial charge in [0.25, 0.3) is 5.91 Å². The largest absolute Gasteiger partial charge is 0.496 e. The Balaban J connectivity index is 1.42. The number of ether oxygens (including phenoxy) is 1. The molecule has 1 saturated heterocycles. The normalized spacial score (nSPS) is 16.1. The number of hydrogen-bond acceptors (Lipinski definition) is 5. The lowest BCUT2D eigenvalue weighted by Crippen LogP contribution is -2.39. The number of likely N-dealkylation sites (tertiary alicyclic amines) is 1. The lowest BCUT2D eigenvalue weighted by molar-refractivity contribution is 0.0925. The van der Waals surface area contributed by atoms with Crippen molar-refractivity contribution in [1.29, 1.82) is 0 Å². The van der Waals surface area contributed by atoms with E-state index in [1.54, 1.807) is 18.2 Å². The Morgan fingerprint density at radius 3 is 2.77 bits per heavy atom. The summed E-state index contributed by atoms with van der Waals surface area (Å²) < 4.78 is 18.6. The molecule has 1 amide bonds. The van der Waals surface area contributed by atoms with Gasteiger partial charge in [-0.1, -0.05) is 23.7 Å². The number of carbonyl (C=O) groups is 1. The van der Waals surface area contributed by atoms with E-state index in [4.69, 9.17) is 22.1 Å². The number of aliphatic hydroxyl groups excluding tert-OH is 1. The molecule has 3 rings (SSSR count). The molecule has 1 atom stereocenters. The Hall–Kier alpha value is -2.35. The summed E-state index contributed by atoms with van der Waals surface area (Å²) in [5.41, 5.74) is 7.11. The minimum Gasteiger partial charge on any atom is -0.496 e. The highest BCUT2D eigenvalue weighted by Crippen LogP contribution is 2.29. The Kier molecular flexibility index (Phi) is 8.12. The van der Waals surface area contributed by atoms with Gasteiger partial charge in [-0.3, -0.25) is 4.79 Å². The number of aliphatic hydroxyl groups is 1. The van der Waals surface area contributed by atoms with E-state index >= 15 is 0 Å². The number of benzene rings is 2. The predicted octanol–water partition coefficient (Wildman–Crippen LogP) is 3.64. The summed E-state index contributed by atoms with van der Waals surface area (Å²) in [7, 11) is 1.49. The lowest BCUT2D eigenvalue weighted by Gasteiger charge is -2.32. The number of nitrogens with two attached hydrogens (primary N) is 1. The average Bonchev–Trinajstić information content (AvgIpc) is 2.78. The number of halogens is 2. The van der Waals surface area contributed by atoms with Crippen LogP contribution in [0.4, 0.5) is 10.1 Å². The van der Waals surface area contributed by atoms with Crippen LogP contribution in [0.1, 0.15) is 41.3 Å². The second kappa shape index (κ2) is 10.8. The number of carbonyl (C=O) groups excluding carboxylic acids is 1. The molecule has 1 heterocycles. The van der Waals surface area contributed by atoms with Crippen LogP contribution in [0.15, 0.2) is 36.4 Å². The van der Waals surface area contributed by atoms with Crippen molar-refractivity contribution in [1.82, 2.24) is 10.2 Å². The summed E-state index contributed by atoms with van der Waals surface area (Å²) in [6.45, 7) is 3.11. The Bertz CT molecular complexity index is 904. The first-order valence-electron chi connectivity index (χ1n) is 10.4. The predicted molar refractivity (Wildman–Crippen MR) is 120 cm³/mol. The van der Waals surface area contributed by atoms with Gasteiger partial charge in [-0.15, -0.1) is 0 Å². The smallest absolute Gasteiger partial charge is 0.255 e. The summed E-state index contributed by atoms with van der Waals surface area (Å²) in [5, 5.41) is 13.6. The maximum Gasteiger partial charge on any atom is 0.255 e. The highest BCUT2D eigenvalue weighted by molar-refractivity contribution is 6.33. The van der Waals surface area contributed by atoms with Crippen LogP contribution in [0.5, 0.6) is 5.75 Å². The zero-order chi connectivity index (χ0) is 22.4. The van der Waals surface area contributed by atoms with Gasteiger partial charge in [-0.25, -0.2) is 4.39 Å². The molecule has 1 aliphatic rings. The van der Waals surface area contributed by atoms with Gasteiger partial charge in [0.2, 0.25) is 0 Å². The quantitative estimate of drug-likeness (QED) is 0.535. The van der Waals surface area contributed by atoms with Crippen LogP contribution in [0.25, 0.3) is 0 Å². The van der Waals surface area contributed by atoms with Crippen molar-refractivity contribution in [3.8, 4) is 5.75 Å². The molecule has 6 nitrogen and oxygen atoms in total. The molecule has 31 heavy (non-hydrogen) atoms. The molecule has 1 aliphatic heterocycles. The van der Waals surface area contributed by atoms with Crippen LogP contribution < -0.4 is 15.8 Å². The van der Waals surface area contributed by atoms with Gasteiger partial charge in [-0.2, -0.15) is 0 Å². The van der Waals surface area contributed by atoms with Crippen LogP contribution in [-0.4, -0.2) is 49.2 Å². The highest BCUT2D eigenvalue weighted by Gasteiger charge is 2.22. The molecular weight excluding hydrogens is 421 g/mol. The molecule has 0 aliphatic carbocycles. The molecular formula is C23H29ClFN3O3. The van der Waals surface area contributed by atoms with E-state index in [0.717, 1.165) is 32.5 Å². The number of rotatable bonds is 8. The monoisotopic (exact) mass is 449 g/mol. The molecule has 1 unspecified atom stereocenters. The molecule has 0 spiro atoms. The topological polar surface area (TPSA) is 87.8 Å². The number of amides is 1. The summed E-state index contributed by atoms with van der Waals surface area (Å²) in [6.07, 6.45) is 1.79. The maximum atomic E-state index is 13.3. The van der Waals surface area contributed by atoms with E-state index in [2.05, 4.69) is 10.2 Å². The van der Waals surface area contributed by atoms with Crippen molar-refractivity contribution < 1.29 is 19.0 Å². The van der Waals surface area contributed by atoms with E-state index in [1.807, 2.05) is 0 Å². The molecule has 0 aromatic heterocycles. The lowest BCUT2D eigenvalue weighted by atomic mass is 9.96. The Labute approximate surface area is 187 Å². The summed E-state index contributed by atoms with van der Waals surface area (Å²) >= 11 is 6.05. The van der Waals surface area contributed by atoms with Crippen molar-refractivity contribution in [3.63, 3.8) is 0 Å². The Morgan fingerprint density at radius 2 is 2.10 bits per heavy atom. The second-order valence-corrected chi connectivity index (χ2v) is 8.34. The standard InChI is InChI=1S/C23H29ClFN3O3/c1-31-22-13-20(26)19(24)12-18(22)23(30)27-14-15-5-8-28(9-6-15)10-7-21(29)16-3-2-4-17(25)11-16/h2-4,11-13,15,21,29H,5-10,14,26H2,1H3,(H,27,30). The first-order chi connectivity index (χ1) is 14.9. The van der Waals surface area contributed by atoms with Crippen molar-refractivity contribution in [2.24, 2.45) is 5.92 Å². The van der Waals surface area contributed by atoms with Crippen molar-refractivity contribution in [3.05, 3.63) is 58.4 Å². The van der Waals surface area contributed by atoms with Crippen LogP contribution in [0, 0.1) is 11.7 Å². The minimum absolute atomic E-state index is 0.237. The van der Waals surface area contributed by atoms with Crippen LogP contribution in [0.2, 0.25) is 5.02 Å². The number of anilines is 1. The first-order valence-corrected chi connectivity index (χ1v) is 10.8. The van der Waals surface area contributed by atoms with E-state index in [1.165, 1.54) is 25.3 Å². The molecule has 2 aromatic rings. The molecule has 4 N–H and O–H groups in total. The third kappa shape index (κ3) is 6.32. The van der Waals surface area contributed by atoms with Crippen LogP contribution in [0.3, 0.4) is 0 Å². The molecule has 1 fully saturated rings. The average molecular weight is 450 g/mol. The fourth-order valence-corrected chi connectivity index (χ4v) is 4.01. The number of nitrogen functional groups attached to an aromatic ring is 1. The van der Waals surface area contributed by atoms with Gasteiger partial charge in [0.1, 0.15) is 11.6 Å². The third-order valence-corrected chi connectivity index (χ3v) is 6.10. The first kappa shape index (κ1) is 23.3. The minimum atomic E-state index is -0.672. The van der Waals surface area contributed by atoms with Gasteiger partial charge in [0, 0.05) is 19.2 Å². The number of piperidine rings is 1. The van der Waals surface area contributed by atoms with Gasteiger partial charge in [0.15, 0.2) is 0 Å². The molecule has 0 radical (unpaired) electrons. The number of nitrogens with one attached hydrogen (secondary N) is 1. The molecule has 8 heteroatoms. The SMILES string of the molecule is COc1cc(N)c(Cl)cc1C(=O)NCC1CCN(CCC(O)c2cccc(F)c2)CC1. The van der Waals surface area contributed by atoms with Crippen LogP contribution in [-0.2, 0) is 0 Å². The Morgan fingerprint density at radius 1 is 1.35 bits per heavy atom. The fourth-order valence-electron chi connectivity index (χ4n) is 3.85. The highest BCUT2D eigenvalue weighted by atomic mass is 35.5. The van der Waals surface area contributed by atoms with E-state index < -0.39 is 6.10 Å². The summed E-state index contributed by atoms with van der Waals surface area (Å²) in [4.78, 5) is 14.9. The third-order valence-electron chi connectivity index (χ3n) is 5.77. The molecule has 0 bridgehead atoms. The molecule has 0 saturated carbocycles. The van der Waals surface area contributed by atoms with E-state index in [0.29, 0.717) is 46.5 Å². The van der Waals surface area contributed by atoms with Crippen molar-refractivity contribution >= 4 is 23.2 Å². The summed E-state index contributed by atoms with van der Waals surface area (Å²) in [6, 6.07) is 9.18. The van der Waals surface area contributed by atoms with E-state index in [-0.39, 0.29) is 11.7 Å². The van der Waals surface area contributed by atoms with Gasteiger partial charge in [-0.05, 0) is 62.0 Å². The second-order valence-electron chi connectivity index (χ2n) is 7.93. The maximum absolute atomic E-state index is 13.3. The number of methoxy groups -OCH3 is 1. The van der Waals surface area contributed by atoms with Gasteiger partial charge < -0.3 is 25.8 Å². The summed E-state index contributed by atoms with van der Waals surface area (Å²) in [5.74, 6) is 0.201. The van der Waals surface area contributed by atoms with Crippen LogP contribution >= 0.6 is 11.6 Å². The zero-order valence-corrected chi connectivity index (χ0v) is 18.4. The van der Waals surface area contributed by atoms with E-state index in [9.17, 15) is 14.3 Å². The number of hydrogen-bond donors (Lipinski definition) is 3. The molecule has 168 valence electrons. The van der Waals surface area contributed by atoms with Gasteiger partial charge in [0.05, 0.1) is 29.5 Å². The fraction of sp³-hybridized carbons (Fsp3) is 0.435. The van der Waals surface area contributed by atoms with Crippen molar-refractivity contribution in [2.45, 2.75) is 25.4 Å². The van der Waals surface area contributed by atoms with Crippen molar-refractivity contribution in [2.75, 3.05) is 39.0 Å². The molecule has 2 aromatic carbocycles. The number of nitrogens with zero attached hydrogens (tertiary/aromatic N) is 1. The van der Waals surface area contributed by atoms with Gasteiger partial charge >= 0.3 is 0 Å². The zero-order valence-electron chi connectivity index (χ0n) is 17.6.